The zero-order valence-corrected chi connectivity index (χ0v) is 24.4. The highest BCUT2D eigenvalue weighted by atomic mass is 35.5. The third kappa shape index (κ3) is 6.88. The van der Waals surface area contributed by atoms with Gasteiger partial charge in [-0.2, -0.15) is 0 Å². The number of pyridine rings is 2. The number of likely N-dealkylation sites (tertiary alicyclic amines) is 1. The number of carboxylic acids is 1. The lowest BCUT2D eigenvalue weighted by atomic mass is 9.93. The summed E-state index contributed by atoms with van der Waals surface area (Å²) >= 11 is 5.83. The zero-order valence-electron chi connectivity index (χ0n) is 23.6. The average Bonchev–Trinajstić information content (AvgIpc) is 3.29. The minimum absolute atomic E-state index is 0.0289. The van der Waals surface area contributed by atoms with E-state index in [1.54, 1.807) is 51.1 Å². The maximum Gasteiger partial charge on any atom is 0.354 e. The molecule has 1 N–H and O–H groups in total. The minimum atomic E-state index is -1.12. The summed E-state index contributed by atoms with van der Waals surface area (Å²) in [6, 6.07) is 13.3. The molecule has 3 aromatic heterocycles. The van der Waals surface area contributed by atoms with Gasteiger partial charge in [-0.3, -0.25) is 9.30 Å². The number of benzene rings is 1. The highest BCUT2D eigenvalue weighted by Crippen LogP contribution is 2.29. The number of piperidine rings is 1. The van der Waals surface area contributed by atoms with Gasteiger partial charge < -0.3 is 14.6 Å². The Balaban J connectivity index is 1.24. The third-order valence-electron chi connectivity index (χ3n) is 7.04. The molecule has 0 amide bonds. The number of nitrogens with zero attached hydrogens (tertiary/aromatic N) is 4. The van der Waals surface area contributed by atoms with Crippen molar-refractivity contribution in [3.63, 3.8) is 0 Å². The van der Waals surface area contributed by atoms with Crippen molar-refractivity contribution in [1.29, 1.82) is 0 Å². The number of carbonyl (C=O) groups is 2. The maximum atomic E-state index is 14.1. The van der Waals surface area contributed by atoms with Crippen molar-refractivity contribution in [2.24, 2.45) is 0 Å². The van der Waals surface area contributed by atoms with Crippen LogP contribution in [-0.4, -0.2) is 55.0 Å². The van der Waals surface area contributed by atoms with Gasteiger partial charge in [0, 0.05) is 41.0 Å². The van der Waals surface area contributed by atoms with Crippen LogP contribution in [0, 0.1) is 5.82 Å². The number of aromatic carboxylic acids is 1. The van der Waals surface area contributed by atoms with E-state index in [1.165, 1.54) is 16.7 Å². The third-order valence-corrected chi connectivity index (χ3v) is 7.28. The van der Waals surface area contributed by atoms with Crippen LogP contribution in [0.2, 0.25) is 5.02 Å². The van der Waals surface area contributed by atoms with E-state index < -0.39 is 23.4 Å². The number of carbonyl (C=O) groups excluding carboxylic acids is 1. The lowest BCUT2D eigenvalue weighted by Crippen LogP contribution is -2.33. The molecule has 1 fully saturated rings. The Kier molecular flexibility index (Phi) is 8.47. The predicted octanol–water partition coefficient (Wildman–Crippen LogP) is 6.13. The fraction of sp³-hybridized carbons (Fsp3) is 0.355. The molecule has 0 radical (unpaired) electrons. The van der Waals surface area contributed by atoms with Gasteiger partial charge in [0.15, 0.2) is 5.69 Å². The second-order valence-corrected chi connectivity index (χ2v) is 11.8. The molecular weight excluding hydrogens is 563 g/mol. The Hall–Kier alpha value is -4.02. The van der Waals surface area contributed by atoms with Gasteiger partial charge >= 0.3 is 11.9 Å². The first-order chi connectivity index (χ1) is 20.0. The molecule has 0 aliphatic carbocycles. The molecule has 0 spiro atoms. The smallest absolute Gasteiger partial charge is 0.354 e. The van der Waals surface area contributed by atoms with Crippen LogP contribution < -0.4 is 4.74 Å². The van der Waals surface area contributed by atoms with Crippen LogP contribution in [0.1, 0.15) is 77.3 Å². The molecule has 42 heavy (non-hydrogen) atoms. The topological polar surface area (TPSA) is 106 Å². The minimum Gasteiger partial charge on any atom is -0.477 e. The first-order valence-corrected chi connectivity index (χ1v) is 14.1. The van der Waals surface area contributed by atoms with Crippen molar-refractivity contribution in [2.45, 2.75) is 58.3 Å². The molecule has 11 heteroatoms. The second kappa shape index (κ2) is 12.1. The fourth-order valence-corrected chi connectivity index (χ4v) is 5.17. The van der Waals surface area contributed by atoms with Gasteiger partial charge in [-0.25, -0.2) is 23.9 Å². The lowest BCUT2D eigenvalue weighted by molar-refractivity contribution is 0.00685. The van der Waals surface area contributed by atoms with Crippen molar-refractivity contribution in [2.75, 3.05) is 13.1 Å². The molecule has 0 saturated carbocycles. The van der Waals surface area contributed by atoms with E-state index in [9.17, 15) is 19.1 Å². The van der Waals surface area contributed by atoms with Gasteiger partial charge in [-0.15, -0.1) is 0 Å². The number of rotatable bonds is 8. The molecule has 0 atom stereocenters. The number of aromatic nitrogens is 3. The average molecular weight is 595 g/mol. The van der Waals surface area contributed by atoms with Crippen molar-refractivity contribution >= 4 is 29.2 Å². The lowest BCUT2D eigenvalue weighted by Gasteiger charge is -2.31. The molecule has 1 saturated heterocycles. The highest BCUT2D eigenvalue weighted by Gasteiger charge is 2.27. The van der Waals surface area contributed by atoms with E-state index >= 15 is 0 Å². The number of carboxylic acid groups (broad SMARTS) is 1. The van der Waals surface area contributed by atoms with Gasteiger partial charge in [0.1, 0.15) is 23.7 Å². The Labute approximate surface area is 247 Å². The summed E-state index contributed by atoms with van der Waals surface area (Å²) in [5.74, 6) is -1.45. The molecular formula is C31H32ClFN4O5. The second-order valence-electron chi connectivity index (χ2n) is 11.3. The standard InChI is InChI=1S/C31H32ClFN4O5/c1-31(2,3)42-30(40)20-8-10-26-34-25(28(29(38)39)37(26)16-20)17-36-13-11-19(12-14-36)24-5-4-6-27(35-24)41-18-21-7-9-22(32)15-23(21)33/h4-10,15-16,19H,11-14,17-18H2,1-3H3,(H,38,39). The Bertz CT molecular complexity index is 1630. The molecule has 1 aromatic carbocycles. The Morgan fingerprint density at radius 1 is 1.10 bits per heavy atom. The molecule has 0 unspecified atom stereocenters. The maximum absolute atomic E-state index is 14.1. The van der Waals surface area contributed by atoms with Crippen LogP contribution in [0.3, 0.4) is 0 Å². The largest absolute Gasteiger partial charge is 0.477 e. The van der Waals surface area contributed by atoms with E-state index in [2.05, 4.69) is 14.9 Å². The van der Waals surface area contributed by atoms with E-state index in [0.29, 0.717) is 34.4 Å². The number of hydrogen-bond acceptors (Lipinski definition) is 7. The van der Waals surface area contributed by atoms with Crippen molar-refractivity contribution < 1.29 is 28.6 Å². The van der Waals surface area contributed by atoms with E-state index in [1.807, 2.05) is 12.1 Å². The molecule has 1 aliphatic heterocycles. The fourth-order valence-electron chi connectivity index (χ4n) is 5.02. The number of esters is 1. The number of fused-ring (bicyclic) bond motifs is 1. The normalized spacial score (nSPS) is 14.7. The van der Waals surface area contributed by atoms with Crippen LogP contribution >= 0.6 is 11.6 Å². The number of imidazole rings is 1. The molecule has 0 bridgehead atoms. The first kappa shape index (κ1) is 29.5. The monoisotopic (exact) mass is 594 g/mol. The van der Waals surface area contributed by atoms with Crippen molar-refractivity contribution in [3.8, 4) is 5.88 Å². The van der Waals surface area contributed by atoms with E-state index in [0.717, 1.165) is 31.6 Å². The summed E-state index contributed by atoms with van der Waals surface area (Å²) in [7, 11) is 0. The summed E-state index contributed by atoms with van der Waals surface area (Å²) in [4.78, 5) is 36.2. The van der Waals surface area contributed by atoms with E-state index in [4.69, 9.17) is 21.1 Å². The molecule has 5 rings (SSSR count). The summed E-state index contributed by atoms with van der Waals surface area (Å²) < 4.78 is 26.7. The van der Waals surface area contributed by atoms with Crippen LogP contribution in [0.5, 0.6) is 5.88 Å². The summed E-state index contributed by atoms with van der Waals surface area (Å²) in [5.41, 5.74) is 1.79. The van der Waals surface area contributed by atoms with Gasteiger partial charge in [0.2, 0.25) is 5.88 Å². The molecule has 1 aliphatic rings. The summed E-state index contributed by atoms with van der Waals surface area (Å²) in [5, 5.41) is 10.3. The van der Waals surface area contributed by atoms with Crippen molar-refractivity contribution in [1.82, 2.24) is 19.3 Å². The molecule has 4 heterocycles. The quantitative estimate of drug-likeness (QED) is 0.243. The summed E-state index contributed by atoms with van der Waals surface area (Å²) in [6.45, 7) is 7.18. The summed E-state index contributed by atoms with van der Waals surface area (Å²) in [6.07, 6.45) is 3.11. The zero-order chi connectivity index (χ0) is 30.0. The van der Waals surface area contributed by atoms with Crippen LogP contribution in [0.4, 0.5) is 4.39 Å². The number of hydrogen-bond donors (Lipinski definition) is 1. The molecule has 9 nitrogen and oxygen atoms in total. The Morgan fingerprint density at radius 3 is 2.55 bits per heavy atom. The van der Waals surface area contributed by atoms with Gasteiger partial charge in [0.05, 0.1) is 11.3 Å². The number of ether oxygens (including phenoxy) is 2. The molecule has 4 aromatic rings. The van der Waals surface area contributed by atoms with Crippen LogP contribution in [0.25, 0.3) is 5.65 Å². The Morgan fingerprint density at radius 2 is 1.86 bits per heavy atom. The van der Waals surface area contributed by atoms with Gasteiger partial charge in [-0.1, -0.05) is 23.7 Å². The van der Waals surface area contributed by atoms with Crippen LogP contribution in [-0.2, 0) is 17.9 Å². The van der Waals surface area contributed by atoms with Crippen molar-refractivity contribution in [3.05, 3.63) is 93.8 Å². The van der Waals surface area contributed by atoms with E-state index in [-0.39, 0.29) is 23.8 Å². The van der Waals surface area contributed by atoms with Gasteiger partial charge in [0.25, 0.3) is 0 Å². The SMILES string of the molecule is CC(C)(C)OC(=O)c1ccc2nc(CN3CCC(c4cccc(OCc5ccc(Cl)cc5F)n4)CC3)c(C(=O)O)n2c1. The first-order valence-electron chi connectivity index (χ1n) is 13.7. The number of halogens is 2. The van der Waals surface area contributed by atoms with Crippen LogP contribution in [0.15, 0.2) is 54.7 Å². The molecule has 220 valence electrons. The van der Waals surface area contributed by atoms with Gasteiger partial charge in [-0.05, 0) is 77.0 Å². The predicted molar refractivity (Wildman–Crippen MR) is 155 cm³/mol. The highest BCUT2D eigenvalue weighted by molar-refractivity contribution is 6.30.